The summed E-state index contributed by atoms with van der Waals surface area (Å²) < 4.78 is 45.4. The number of allylic oxidation sites excluding steroid dienone is 10. The monoisotopic (exact) mass is 663 g/mol. The van der Waals surface area contributed by atoms with Crippen LogP contribution < -0.4 is 4.74 Å². The smallest absolute Gasteiger partial charge is 0.190 e. The molecule has 0 amide bonds. The fourth-order valence-electron chi connectivity index (χ4n) is 5.55. The van der Waals surface area contributed by atoms with E-state index in [1.165, 1.54) is 61.2 Å². The topological polar surface area (TPSA) is 12.5 Å². The molecular formula is C43H60F3NO. The van der Waals surface area contributed by atoms with E-state index in [2.05, 4.69) is 71.2 Å². The number of likely N-dealkylation sites (N-methyl/N-ethyl adjacent to an activating group) is 1. The highest BCUT2D eigenvalue weighted by molar-refractivity contribution is 5.65. The van der Waals surface area contributed by atoms with Crippen LogP contribution in [0.1, 0.15) is 106 Å². The zero-order valence-corrected chi connectivity index (χ0v) is 31.2. The maximum Gasteiger partial charge on any atom is 0.190 e. The van der Waals surface area contributed by atoms with Crippen LogP contribution in [0.5, 0.6) is 5.75 Å². The normalized spacial score (nSPS) is 18.6. The second-order valence-corrected chi connectivity index (χ2v) is 12.2. The molecule has 0 saturated carbocycles. The summed E-state index contributed by atoms with van der Waals surface area (Å²) in [6.07, 6.45) is 18.3. The van der Waals surface area contributed by atoms with E-state index in [1.54, 1.807) is 18.2 Å². The van der Waals surface area contributed by atoms with Crippen molar-refractivity contribution in [3.63, 3.8) is 0 Å². The minimum Gasteiger partial charge on any atom is -0.491 e. The maximum absolute atomic E-state index is 14.2. The van der Waals surface area contributed by atoms with Gasteiger partial charge >= 0.3 is 0 Å². The Morgan fingerprint density at radius 2 is 1.69 bits per heavy atom. The Bertz CT molecular complexity index is 1430. The number of hydrogen-bond donors (Lipinski definition) is 0. The van der Waals surface area contributed by atoms with Crippen molar-refractivity contribution in [1.82, 2.24) is 4.90 Å². The van der Waals surface area contributed by atoms with E-state index in [0.29, 0.717) is 30.7 Å². The first-order chi connectivity index (χ1) is 22.9. The van der Waals surface area contributed by atoms with Crippen LogP contribution in [-0.2, 0) is 6.42 Å². The number of benzene rings is 2. The molecule has 2 aromatic carbocycles. The van der Waals surface area contributed by atoms with Crippen LogP contribution in [0.15, 0.2) is 102 Å². The van der Waals surface area contributed by atoms with Crippen LogP contribution in [0, 0.1) is 29.3 Å². The third-order valence-electron chi connectivity index (χ3n) is 8.40. The number of halogens is 3. The minimum absolute atomic E-state index is 0.265. The Hall–Kier alpha value is -3.73. The highest BCUT2D eigenvalue weighted by Gasteiger charge is 2.17. The molecule has 0 N–H and O–H groups in total. The van der Waals surface area contributed by atoms with E-state index in [4.69, 9.17) is 4.74 Å². The Balaban J connectivity index is 0.000000482. The van der Waals surface area contributed by atoms with Gasteiger partial charge in [0.05, 0.1) is 7.11 Å². The standard InChI is InChI=1S/C23H23F3O.C18H31N.C2H6/c1-4-17(9-8-16(2)18-10-13-20(24)14-11-18)6-5-7-19-12-15-21(25)23(27-3)22(19)26;1-7-9-18-12-15(5)10-11-17(14(3)4)13-16(6)19(18)8-2;1-2/h4,8-15H,1,5-7H2,2-3H3;9,12-14,17H,7-8,10-11H2,1-6H3;1-2H3/b16-8+,17-9+;15-12-,16-13+,18-9?;. The van der Waals surface area contributed by atoms with Crippen LogP contribution in [0.4, 0.5) is 13.2 Å². The van der Waals surface area contributed by atoms with Gasteiger partial charge in [0.2, 0.25) is 0 Å². The first kappa shape index (κ1) is 42.3. The molecule has 0 fully saturated rings. The van der Waals surface area contributed by atoms with Crippen molar-refractivity contribution >= 4 is 5.57 Å². The molecule has 5 heteroatoms. The molecule has 1 atom stereocenters. The van der Waals surface area contributed by atoms with E-state index >= 15 is 0 Å². The van der Waals surface area contributed by atoms with E-state index in [-0.39, 0.29) is 11.6 Å². The predicted molar refractivity (Wildman–Crippen MR) is 201 cm³/mol. The summed E-state index contributed by atoms with van der Waals surface area (Å²) in [6, 6.07) is 8.98. The van der Waals surface area contributed by atoms with Gasteiger partial charge in [-0.05, 0) is 125 Å². The predicted octanol–water partition coefficient (Wildman–Crippen LogP) is 13.2. The molecule has 1 unspecified atom stereocenters. The van der Waals surface area contributed by atoms with E-state index in [9.17, 15) is 13.2 Å². The van der Waals surface area contributed by atoms with Gasteiger partial charge in [-0.3, -0.25) is 0 Å². The van der Waals surface area contributed by atoms with Gasteiger partial charge in [-0.25, -0.2) is 13.2 Å². The van der Waals surface area contributed by atoms with Crippen molar-refractivity contribution in [2.45, 2.75) is 101 Å². The molecule has 0 aliphatic carbocycles. The summed E-state index contributed by atoms with van der Waals surface area (Å²) in [5, 5.41) is 0. The van der Waals surface area contributed by atoms with Gasteiger partial charge in [-0.2, -0.15) is 0 Å². The Morgan fingerprint density at radius 1 is 1.02 bits per heavy atom. The lowest BCUT2D eigenvalue weighted by molar-refractivity contribution is 0.357. The molecule has 0 aromatic heterocycles. The van der Waals surface area contributed by atoms with E-state index < -0.39 is 11.6 Å². The number of aryl methyl sites for hydroxylation is 1. The van der Waals surface area contributed by atoms with E-state index in [1.807, 2.05) is 32.9 Å². The Labute approximate surface area is 290 Å². The molecular weight excluding hydrogens is 603 g/mol. The van der Waals surface area contributed by atoms with E-state index in [0.717, 1.165) is 35.6 Å². The van der Waals surface area contributed by atoms with Crippen LogP contribution in [0.25, 0.3) is 5.57 Å². The van der Waals surface area contributed by atoms with Gasteiger partial charge in [0.1, 0.15) is 5.82 Å². The third kappa shape index (κ3) is 13.8. The second kappa shape index (κ2) is 22.8. The Morgan fingerprint density at radius 3 is 2.25 bits per heavy atom. The minimum atomic E-state index is -0.702. The molecule has 1 aliphatic rings. The highest BCUT2D eigenvalue weighted by atomic mass is 19.1. The van der Waals surface area contributed by atoms with Crippen LogP contribution in [-0.4, -0.2) is 18.6 Å². The number of rotatable bonds is 11. The first-order valence-electron chi connectivity index (χ1n) is 17.5. The number of nitrogens with zero attached hydrogens (tertiary/aromatic N) is 1. The lowest BCUT2D eigenvalue weighted by atomic mass is 9.89. The Kier molecular flexibility index (Phi) is 20.1. The summed E-state index contributed by atoms with van der Waals surface area (Å²) in [6.45, 7) is 24.5. The van der Waals surface area contributed by atoms with Gasteiger partial charge < -0.3 is 9.64 Å². The maximum atomic E-state index is 14.2. The van der Waals surface area contributed by atoms with Crippen LogP contribution >= 0.6 is 0 Å². The zero-order valence-electron chi connectivity index (χ0n) is 31.2. The highest BCUT2D eigenvalue weighted by Crippen LogP contribution is 2.29. The summed E-state index contributed by atoms with van der Waals surface area (Å²) in [7, 11) is 1.25. The lowest BCUT2D eigenvalue weighted by Crippen LogP contribution is -2.20. The number of hydrogen-bond acceptors (Lipinski definition) is 2. The zero-order chi connectivity index (χ0) is 36.2. The fraction of sp³-hybridized carbons (Fsp3) is 0.442. The second-order valence-electron chi connectivity index (χ2n) is 12.2. The van der Waals surface area contributed by atoms with Gasteiger partial charge in [-0.15, -0.1) is 0 Å². The molecule has 1 heterocycles. The number of ether oxygens (including phenoxy) is 1. The van der Waals surface area contributed by atoms with Gasteiger partial charge in [0.25, 0.3) is 0 Å². The van der Waals surface area contributed by atoms with Crippen LogP contribution in [0.3, 0.4) is 0 Å². The van der Waals surface area contributed by atoms with Crippen molar-refractivity contribution in [3.8, 4) is 5.75 Å². The average Bonchev–Trinajstić information content (AvgIpc) is 3.12. The van der Waals surface area contributed by atoms with Gasteiger partial charge in [0.15, 0.2) is 17.4 Å². The molecule has 0 spiro atoms. The fourth-order valence-corrected chi connectivity index (χ4v) is 5.55. The molecule has 0 bridgehead atoms. The largest absolute Gasteiger partial charge is 0.491 e. The SMILES string of the molecule is C=C/C(=C\C=C(/C)c1ccc(F)cc1)CCCc1ccc(F)c(OC)c1F.CC.CCC=C1/C=C(/C)CCC(C(C)C)/C=C(\C)N1CC. The van der Waals surface area contributed by atoms with Crippen molar-refractivity contribution < 1.29 is 17.9 Å². The summed E-state index contributed by atoms with van der Waals surface area (Å²) in [5.74, 6) is -0.541. The van der Waals surface area contributed by atoms with Crippen molar-refractivity contribution in [3.05, 3.63) is 131 Å². The lowest BCUT2D eigenvalue weighted by Gasteiger charge is -2.27. The molecule has 1 aliphatic heterocycles. The molecule has 2 nitrogen and oxygen atoms in total. The molecule has 48 heavy (non-hydrogen) atoms. The quantitative estimate of drug-likeness (QED) is 0.222. The molecule has 0 saturated heterocycles. The van der Waals surface area contributed by atoms with Crippen molar-refractivity contribution in [1.29, 1.82) is 0 Å². The number of methoxy groups -OCH3 is 1. The summed E-state index contributed by atoms with van der Waals surface area (Å²) >= 11 is 0. The first-order valence-corrected chi connectivity index (χ1v) is 17.5. The average molecular weight is 664 g/mol. The molecule has 0 radical (unpaired) electrons. The molecule has 264 valence electrons. The van der Waals surface area contributed by atoms with Gasteiger partial charge in [-0.1, -0.05) is 95.3 Å². The van der Waals surface area contributed by atoms with Crippen molar-refractivity contribution in [2.24, 2.45) is 11.8 Å². The summed E-state index contributed by atoms with van der Waals surface area (Å²) in [5.41, 5.74) is 7.67. The summed E-state index contributed by atoms with van der Waals surface area (Å²) in [4.78, 5) is 2.45. The van der Waals surface area contributed by atoms with Gasteiger partial charge in [0, 0.05) is 17.9 Å². The van der Waals surface area contributed by atoms with Crippen LogP contribution in [0.2, 0.25) is 0 Å². The van der Waals surface area contributed by atoms with Crippen molar-refractivity contribution in [2.75, 3.05) is 13.7 Å². The third-order valence-corrected chi connectivity index (χ3v) is 8.40. The molecule has 2 aromatic rings. The molecule has 3 rings (SSSR count).